The molecular formula is C30H28F3N3O3S2. The average molecular weight is 600 g/mol. The van der Waals surface area contributed by atoms with Gasteiger partial charge in [-0.3, -0.25) is 14.4 Å². The van der Waals surface area contributed by atoms with Crippen molar-refractivity contribution >= 4 is 46.3 Å². The molecule has 4 aliphatic rings. The molecule has 7 atom stereocenters. The summed E-state index contributed by atoms with van der Waals surface area (Å²) in [5, 5.41) is 0.778. The van der Waals surface area contributed by atoms with Crippen molar-refractivity contribution in [1.82, 2.24) is 4.98 Å². The molecule has 0 unspecified atom stereocenters. The van der Waals surface area contributed by atoms with E-state index in [1.165, 1.54) is 29.5 Å². The monoisotopic (exact) mass is 599 g/mol. The summed E-state index contributed by atoms with van der Waals surface area (Å²) in [6.45, 7) is 5.96. The van der Waals surface area contributed by atoms with Crippen LogP contribution < -0.4 is 14.7 Å². The highest BCUT2D eigenvalue weighted by atomic mass is 32.2. The van der Waals surface area contributed by atoms with Gasteiger partial charge in [0.05, 0.1) is 28.1 Å². The van der Waals surface area contributed by atoms with Gasteiger partial charge in [0.2, 0.25) is 11.8 Å². The van der Waals surface area contributed by atoms with Gasteiger partial charge >= 0.3 is 11.0 Å². The van der Waals surface area contributed by atoms with Gasteiger partial charge in [-0.05, 0) is 67.9 Å². The van der Waals surface area contributed by atoms with Gasteiger partial charge in [-0.25, -0.2) is 4.90 Å². The smallest absolute Gasteiger partial charge is 0.372 e. The predicted molar refractivity (Wildman–Crippen MR) is 152 cm³/mol. The van der Waals surface area contributed by atoms with Crippen molar-refractivity contribution in [2.24, 2.45) is 29.6 Å². The van der Waals surface area contributed by atoms with Crippen LogP contribution in [0.1, 0.15) is 42.2 Å². The topological polar surface area (TPSA) is 73.5 Å². The summed E-state index contributed by atoms with van der Waals surface area (Å²) in [4.78, 5) is 47.0. The Morgan fingerprint density at radius 2 is 1.61 bits per heavy atom. The number of fused-ring (bicyclic) bond motifs is 9. The number of carbonyl (C=O) groups is 2. The SMILES string of the molecule is CCN(CC)c1ccc([C@@H]2c3sc(=O)[nH]c3S[C@@H]3[C@@H]4C[C@@H]([C@@H]5C(=O)N(c6ccccc6C(F)(F)F)C(=O)[C@@H]45)[C@@H]23)cc1. The molecule has 3 fully saturated rings. The maximum atomic E-state index is 13.9. The van der Waals surface area contributed by atoms with Crippen molar-refractivity contribution in [3.63, 3.8) is 0 Å². The summed E-state index contributed by atoms with van der Waals surface area (Å²) in [6, 6.07) is 13.2. The molecule has 2 amide bonds. The minimum absolute atomic E-state index is 0.0148. The molecule has 0 radical (unpaired) electrons. The number of thiazole rings is 1. The fraction of sp³-hybridized carbons (Fsp3) is 0.433. The van der Waals surface area contributed by atoms with Crippen molar-refractivity contribution in [2.75, 3.05) is 22.9 Å². The van der Waals surface area contributed by atoms with Crippen LogP contribution in [0, 0.1) is 29.6 Å². The number of rotatable bonds is 5. The first-order valence-electron chi connectivity index (χ1n) is 13.9. The first kappa shape index (κ1) is 26.8. The molecule has 41 heavy (non-hydrogen) atoms. The number of carbonyl (C=O) groups excluding carboxylic acids is 2. The molecule has 1 saturated heterocycles. The van der Waals surface area contributed by atoms with Gasteiger partial charge in [0.25, 0.3) is 0 Å². The fourth-order valence-electron chi connectivity index (χ4n) is 8.02. The second-order valence-corrected chi connectivity index (χ2v) is 13.5. The zero-order chi connectivity index (χ0) is 28.8. The number of alkyl halides is 3. The van der Waals surface area contributed by atoms with Crippen LogP contribution >= 0.6 is 23.1 Å². The Hall–Kier alpha value is -3.05. The minimum atomic E-state index is -4.69. The van der Waals surface area contributed by atoms with E-state index in [9.17, 15) is 27.6 Å². The number of imide groups is 1. The van der Waals surface area contributed by atoms with E-state index in [-0.39, 0.29) is 39.5 Å². The summed E-state index contributed by atoms with van der Waals surface area (Å²) < 4.78 is 41.6. The number of amides is 2. The third kappa shape index (κ3) is 3.87. The number of nitrogens with one attached hydrogen (secondary N) is 1. The number of hydrogen-bond acceptors (Lipinski definition) is 6. The van der Waals surface area contributed by atoms with E-state index in [1.807, 2.05) is 0 Å². The molecule has 3 aromatic rings. The van der Waals surface area contributed by atoms with Crippen LogP contribution in [0.2, 0.25) is 0 Å². The van der Waals surface area contributed by atoms with E-state index in [4.69, 9.17) is 0 Å². The summed E-state index contributed by atoms with van der Waals surface area (Å²) in [6.07, 6.45) is -4.02. The zero-order valence-electron chi connectivity index (χ0n) is 22.4. The number of nitrogens with zero attached hydrogens (tertiary/aromatic N) is 2. The first-order valence-corrected chi connectivity index (χ1v) is 15.6. The Balaban J connectivity index is 1.29. The molecule has 2 aromatic carbocycles. The molecule has 2 saturated carbocycles. The van der Waals surface area contributed by atoms with Crippen molar-refractivity contribution in [2.45, 2.75) is 42.6 Å². The molecule has 2 aliphatic carbocycles. The molecule has 7 rings (SSSR count). The Labute approximate surface area is 242 Å². The summed E-state index contributed by atoms with van der Waals surface area (Å²) in [7, 11) is 0. The van der Waals surface area contributed by atoms with Crippen LogP contribution in [0.3, 0.4) is 0 Å². The predicted octanol–water partition coefficient (Wildman–Crippen LogP) is 5.98. The lowest BCUT2D eigenvalue weighted by Crippen LogP contribution is -2.42. The van der Waals surface area contributed by atoms with Gasteiger partial charge in [-0.2, -0.15) is 13.2 Å². The number of thioether (sulfide) groups is 1. The fourth-order valence-corrected chi connectivity index (χ4v) is 10.9. The van der Waals surface area contributed by atoms with E-state index >= 15 is 0 Å². The van der Waals surface area contributed by atoms with Gasteiger partial charge < -0.3 is 9.88 Å². The number of hydrogen-bond donors (Lipinski definition) is 1. The maximum Gasteiger partial charge on any atom is 0.418 e. The van der Waals surface area contributed by atoms with E-state index in [0.29, 0.717) is 6.42 Å². The lowest BCUT2D eigenvalue weighted by molar-refractivity contribution is -0.137. The molecule has 214 valence electrons. The minimum Gasteiger partial charge on any atom is -0.372 e. The van der Waals surface area contributed by atoms with Crippen LogP contribution in [0.4, 0.5) is 24.5 Å². The number of aromatic nitrogens is 1. The Kier molecular flexibility index (Phi) is 6.21. The highest BCUT2D eigenvalue weighted by molar-refractivity contribution is 8.00. The largest absolute Gasteiger partial charge is 0.418 e. The third-order valence-corrected chi connectivity index (χ3v) is 12.1. The molecule has 2 aliphatic heterocycles. The van der Waals surface area contributed by atoms with Gasteiger partial charge in [-0.15, -0.1) is 11.8 Å². The van der Waals surface area contributed by atoms with Crippen LogP contribution in [0.15, 0.2) is 58.4 Å². The Morgan fingerprint density at radius 1 is 0.951 bits per heavy atom. The molecule has 2 bridgehead atoms. The van der Waals surface area contributed by atoms with Crippen LogP contribution in [-0.2, 0) is 15.8 Å². The quantitative estimate of drug-likeness (QED) is 0.366. The number of halogens is 3. The van der Waals surface area contributed by atoms with Crippen LogP contribution in [0.25, 0.3) is 0 Å². The van der Waals surface area contributed by atoms with Crippen molar-refractivity contribution < 1.29 is 22.8 Å². The van der Waals surface area contributed by atoms with Gasteiger partial charge in [-0.1, -0.05) is 35.6 Å². The van der Waals surface area contributed by atoms with Crippen LogP contribution in [-0.4, -0.2) is 35.1 Å². The van der Waals surface area contributed by atoms with E-state index in [1.54, 1.807) is 11.8 Å². The highest BCUT2D eigenvalue weighted by Gasteiger charge is 2.70. The molecule has 11 heteroatoms. The molecule has 1 N–H and O–H groups in total. The molecular weight excluding hydrogens is 571 g/mol. The first-order chi connectivity index (χ1) is 19.6. The number of para-hydroxylation sites is 1. The standard InChI is InChI=1S/C30H28F3N3O3S2/c1-3-35(4-2)15-11-9-14(10-12-15)20-21-16-13-17(24(21)40-26-25(20)41-29(39)34-26)23-22(16)27(37)36(28(23)38)19-8-6-5-7-18(19)30(31,32)33/h5-12,16-17,20-24H,3-4,13H2,1-2H3,(H,34,39)/t16-,17-,20+,21+,22+,23+,24-/m1/s1. The normalized spacial score (nSPS) is 30.0. The Morgan fingerprint density at radius 3 is 2.27 bits per heavy atom. The Bertz CT molecular complexity index is 1600. The van der Waals surface area contributed by atoms with Gasteiger partial charge in [0.15, 0.2) is 0 Å². The molecule has 0 spiro atoms. The molecule has 1 aromatic heterocycles. The van der Waals surface area contributed by atoms with E-state index < -0.39 is 35.4 Å². The van der Waals surface area contributed by atoms with Crippen LogP contribution in [0.5, 0.6) is 0 Å². The second-order valence-electron chi connectivity index (χ2n) is 11.3. The second kappa shape index (κ2) is 9.49. The van der Waals surface area contributed by atoms with E-state index in [0.717, 1.165) is 45.2 Å². The number of anilines is 2. The highest BCUT2D eigenvalue weighted by Crippen LogP contribution is 2.68. The average Bonchev–Trinajstić information content (AvgIpc) is 3.68. The lowest BCUT2D eigenvalue weighted by Gasteiger charge is -2.43. The van der Waals surface area contributed by atoms with Gasteiger partial charge in [0.1, 0.15) is 0 Å². The number of benzene rings is 2. The number of aromatic amines is 1. The maximum absolute atomic E-state index is 13.9. The zero-order valence-corrected chi connectivity index (χ0v) is 24.0. The molecule has 3 heterocycles. The summed E-state index contributed by atoms with van der Waals surface area (Å²) >= 11 is 2.75. The van der Waals surface area contributed by atoms with E-state index in [2.05, 4.69) is 48.0 Å². The summed E-state index contributed by atoms with van der Waals surface area (Å²) in [5.74, 6) is -2.86. The van der Waals surface area contributed by atoms with Gasteiger partial charge in [0, 0.05) is 34.8 Å². The van der Waals surface area contributed by atoms with Crippen molar-refractivity contribution in [1.29, 1.82) is 0 Å². The number of H-pyrrole nitrogens is 1. The summed E-state index contributed by atoms with van der Waals surface area (Å²) in [5.41, 5.74) is 0.789. The lowest BCUT2D eigenvalue weighted by atomic mass is 9.68. The van der Waals surface area contributed by atoms with Crippen molar-refractivity contribution in [3.8, 4) is 0 Å². The molecule has 6 nitrogen and oxygen atoms in total. The third-order valence-electron chi connectivity index (χ3n) is 9.56. The van der Waals surface area contributed by atoms with Crippen molar-refractivity contribution in [3.05, 3.63) is 74.2 Å².